The smallest absolute Gasteiger partial charge is 0.413 e. The molecule has 0 saturated heterocycles. The van der Waals surface area contributed by atoms with Crippen LogP contribution in [0.1, 0.15) is 35.7 Å². The summed E-state index contributed by atoms with van der Waals surface area (Å²) in [5, 5.41) is 2.77. The van der Waals surface area contributed by atoms with Gasteiger partial charge in [-0.3, -0.25) is 24.2 Å². The number of ether oxygens (including phenoxy) is 2. The minimum absolute atomic E-state index is 0.0973. The van der Waals surface area contributed by atoms with Crippen molar-refractivity contribution >= 4 is 33.6 Å². The number of nitrogens with one attached hydrogen (secondary N) is 1. The number of rotatable bonds is 6. The van der Waals surface area contributed by atoms with Crippen LogP contribution in [0.2, 0.25) is 0 Å². The molecule has 1 aliphatic carbocycles. The van der Waals surface area contributed by atoms with E-state index in [0.29, 0.717) is 42.3 Å². The van der Waals surface area contributed by atoms with Gasteiger partial charge in [-0.05, 0) is 25.3 Å². The highest BCUT2D eigenvalue weighted by Gasteiger charge is 2.35. The highest BCUT2D eigenvalue weighted by atomic mass is 32.1. The third kappa shape index (κ3) is 4.94. The zero-order valence-corrected chi connectivity index (χ0v) is 20.3. The number of alkyl carbamates (subject to hydrolysis) is 1. The summed E-state index contributed by atoms with van der Waals surface area (Å²) in [6, 6.07) is -0.425. The van der Waals surface area contributed by atoms with Crippen molar-refractivity contribution in [2.24, 2.45) is 4.99 Å². The fraction of sp³-hybridized carbons (Fsp3) is 0.619. The molecule has 0 bridgehead atoms. The summed E-state index contributed by atoms with van der Waals surface area (Å²) in [5.74, 6) is 0.306. The first kappa shape index (κ1) is 25.2. The Morgan fingerprint density at radius 1 is 1.26 bits per heavy atom. The van der Waals surface area contributed by atoms with Gasteiger partial charge in [0.25, 0.3) is 5.56 Å². The van der Waals surface area contributed by atoms with Crippen LogP contribution in [0.4, 0.5) is 18.0 Å². The lowest BCUT2D eigenvalue weighted by molar-refractivity contribution is -0.136. The van der Waals surface area contributed by atoms with E-state index in [4.69, 9.17) is 4.74 Å². The summed E-state index contributed by atoms with van der Waals surface area (Å²) in [7, 11) is 2.77. The molecule has 0 unspecified atom stereocenters. The van der Waals surface area contributed by atoms with E-state index in [2.05, 4.69) is 15.0 Å². The van der Waals surface area contributed by atoms with Crippen LogP contribution < -0.4 is 16.6 Å². The first-order valence-electron chi connectivity index (χ1n) is 11.0. The summed E-state index contributed by atoms with van der Waals surface area (Å²) in [6.07, 6.45) is -5.54. The van der Waals surface area contributed by atoms with Crippen molar-refractivity contribution in [3.8, 4) is 0 Å². The second-order valence-corrected chi connectivity index (χ2v) is 9.61. The molecule has 2 aromatic heterocycles. The van der Waals surface area contributed by atoms with Gasteiger partial charge < -0.3 is 14.4 Å². The number of hydrogen-bond acceptors (Lipinski definition) is 8. The number of aliphatic imine (C=N–C) groups is 1. The van der Waals surface area contributed by atoms with Crippen LogP contribution in [0.15, 0.2) is 14.6 Å². The predicted molar refractivity (Wildman–Crippen MR) is 123 cm³/mol. The van der Waals surface area contributed by atoms with E-state index in [-0.39, 0.29) is 22.9 Å². The summed E-state index contributed by atoms with van der Waals surface area (Å²) < 4.78 is 51.2. The molecule has 0 aromatic carbocycles. The molecule has 1 amide bonds. The highest BCUT2D eigenvalue weighted by Crippen LogP contribution is 2.35. The van der Waals surface area contributed by atoms with Crippen molar-refractivity contribution in [1.82, 2.24) is 19.4 Å². The lowest BCUT2D eigenvalue weighted by Crippen LogP contribution is -2.47. The number of amides is 1. The van der Waals surface area contributed by atoms with Crippen LogP contribution in [0.5, 0.6) is 0 Å². The molecule has 14 heteroatoms. The Kier molecular flexibility index (Phi) is 6.95. The average Bonchev–Trinajstić information content (AvgIpc) is 3.33. The third-order valence-corrected chi connectivity index (χ3v) is 7.69. The van der Waals surface area contributed by atoms with Crippen LogP contribution in [-0.4, -0.2) is 65.7 Å². The summed E-state index contributed by atoms with van der Waals surface area (Å²) in [4.78, 5) is 45.2. The standard InChI is InChI=1S/C21H26F3N5O5S/c1-11-14(10-27-7-5-25-18(27)26-19(31)34-3)35-17-15(11)16(30)29(12-8-13(9-12)33-2)20(32)28(17)6-4-21(22,23)24/h12-13H,4-10H2,1-3H3,(H,25,26,31). The predicted octanol–water partition coefficient (Wildman–Crippen LogP) is 2.36. The van der Waals surface area contributed by atoms with Crippen LogP contribution in [0.25, 0.3) is 10.2 Å². The minimum atomic E-state index is -4.46. The SMILES string of the molecule is COC(=O)NC1=NCCN1Cc1sc2c(c1C)c(=O)n(C1CC(OC)C1)c(=O)n2CCC(F)(F)F. The lowest BCUT2D eigenvalue weighted by atomic mass is 9.89. The highest BCUT2D eigenvalue weighted by molar-refractivity contribution is 7.18. The van der Waals surface area contributed by atoms with Crippen molar-refractivity contribution in [1.29, 1.82) is 0 Å². The van der Waals surface area contributed by atoms with Crippen molar-refractivity contribution in [2.75, 3.05) is 27.3 Å². The van der Waals surface area contributed by atoms with Gasteiger partial charge in [0.15, 0.2) is 0 Å². The Labute approximate surface area is 201 Å². The van der Waals surface area contributed by atoms with E-state index >= 15 is 0 Å². The Balaban J connectivity index is 1.76. The molecular weight excluding hydrogens is 491 g/mol. The molecular formula is C21H26F3N5O5S. The van der Waals surface area contributed by atoms with Gasteiger partial charge in [-0.25, -0.2) is 9.59 Å². The average molecular weight is 518 g/mol. The molecule has 1 saturated carbocycles. The van der Waals surface area contributed by atoms with Crippen molar-refractivity contribution in [2.45, 2.75) is 57.6 Å². The zero-order valence-electron chi connectivity index (χ0n) is 19.5. The number of aromatic nitrogens is 2. The van der Waals surface area contributed by atoms with Crippen LogP contribution in [0.3, 0.4) is 0 Å². The molecule has 1 N–H and O–H groups in total. The van der Waals surface area contributed by atoms with Crippen LogP contribution in [-0.2, 0) is 22.6 Å². The number of halogens is 3. The van der Waals surface area contributed by atoms with Gasteiger partial charge in [-0.2, -0.15) is 13.2 Å². The number of aryl methyl sites for hydroxylation is 2. The maximum atomic E-state index is 13.4. The maximum Gasteiger partial charge on any atom is 0.413 e. The molecule has 3 heterocycles. The Bertz CT molecular complexity index is 1280. The van der Waals surface area contributed by atoms with E-state index in [1.807, 2.05) is 0 Å². The zero-order chi connectivity index (χ0) is 25.5. The van der Waals surface area contributed by atoms with Gasteiger partial charge in [0.05, 0.1) is 38.1 Å². The Morgan fingerprint density at radius 3 is 2.60 bits per heavy atom. The van der Waals surface area contributed by atoms with E-state index in [0.717, 1.165) is 20.5 Å². The summed E-state index contributed by atoms with van der Waals surface area (Å²) in [6.45, 7) is 2.33. The van der Waals surface area contributed by atoms with Gasteiger partial charge in [0, 0.05) is 31.1 Å². The van der Waals surface area contributed by atoms with E-state index < -0.39 is 42.5 Å². The Hall–Kier alpha value is -2.87. The second-order valence-electron chi connectivity index (χ2n) is 8.53. The number of alkyl halides is 3. The molecule has 10 nitrogen and oxygen atoms in total. The minimum Gasteiger partial charge on any atom is -0.453 e. The van der Waals surface area contributed by atoms with Crippen LogP contribution >= 0.6 is 11.3 Å². The first-order valence-corrected chi connectivity index (χ1v) is 11.9. The number of carbonyl (C=O) groups is 1. The van der Waals surface area contributed by atoms with E-state index in [1.165, 1.54) is 14.2 Å². The summed E-state index contributed by atoms with van der Waals surface area (Å²) in [5.41, 5.74) is -0.651. The fourth-order valence-corrected chi connectivity index (χ4v) is 5.66. The fourth-order valence-electron chi connectivity index (χ4n) is 4.33. The molecule has 1 aliphatic heterocycles. The van der Waals surface area contributed by atoms with Crippen molar-refractivity contribution in [3.05, 3.63) is 31.3 Å². The number of hydrogen-bond donors (Lipinski definition) is 1. The molecule has 2 aromatic rings. The third-order valence-electron chi connectivity index (χ3n) is 6.39. The molecule has 1 fully saturated rings. The number of guanidine groups is 1. The quantitative estimate of drug-likeness (QED) is 0.631. The molecule has 2 aliphatic rings. The monoisotopic (exact) mass is 517 g/mol. The Morgan fingerprint density at radius 2 is 1.97 bits per heavy atom. The lowest BCUT2D eigenvalue weighted by Gasteiger charge is -2.35. The topological polar surface area (TPSA) is 107 Å². The number of thiophene rings is 1. The summed E-state index contributed by atoms with van der Waals surface area (Å²) >= 11 is 1.11. The van der Waals surface area contributed by atoms with Gasteiger partial charge in [0.2, 0.25) is 5.96 Å². The number of methoxy groups -OCH3 is 2. The van der Waals surface area contributed by atoms with Gasteiger partial charge >= 0.3 is 18.0 Å². The number of fused-ring (bicyclic) bond motifs is 1. The second kappa shape index (κ2) is 9.64. The van der Waals surface area contributed by atoms with E-state index in [9.17, 15) is 27.6 Å². The van der Waals surface area contributed by atoms with Crippen molar-refractivity contribution in [3.63, 3.8) is 0 Å². The number of nitrogens with zero attached hydrogens (tertiary/aromatic N) is 4. The van der Waals surface area contributed by atoms with Crippen molar-refractivity contribution < 1.29 is 27.4 Å². The first-order chi connectivity index (χ1) is 16.5. The molecule has 0 atom stereocenters. The molecule has 0 radical (unpaired) electrons. The van der Waals surface area contributed by atoms with Gasteiger partial charge in [0.1, 0.15) is 4.83 Å². The van der Waals surface area contributed by atoms with Crippen LogP contribution in [0, 0.1) is 6.92 Å². The number of carbonyl (C=O) groups excluding carboxylic acids is 1. The normalized spacial score (nSPS) is 20.2. The molecule has 0 spiro atoms. The molecule has 192 valence electrons. The maximum absolute atomic E-state index is 13.4. The molecule has 35 heavy (non-hydrogen) atoms. The van der Waals surface area contributed by atoms with Gasteiger partial charge in [-0.1, -0.05) is 0 Å². The van der Waals surface area contributed by atoms with E-state index in [1.54, 1.807) is 11.8 Å². The van der Waals surface area contributed by atoms with Gasteiger partial charge in [-0.15, -0.1) is 11.3 Å². The largest absolute Gasteiger partial charge is 0.453 e. The molecule has 4 rings (SSSR count).